The number of ether oxygens (including phenoxy) is 1. The summed E-state index contributed by atoms with van der Waals surface area (Å²) < 4.78 is 19.1. The van der Waals surface area contributed by atoms with Gasteiger partial charge in [-0.3, -0.25) is 4.98 Å². The predicted octanol–water partition coefficient (Wildman–Crippen LogP) is 1.64. The van der Waals surface area contributed by atoms with Crippen molar-refractivity contribution in [3.05, 3.63) is 51.9 Å². The molecule has 1 aromatic rings. The molecule has 0 saturated heterocycles. The normalized spacial score (nSPS) is 20.3. The largest absolute Gasteiger partial charge is 0.478 e. The van der Waals surface area contributed by atoms with Crippen LogP contribution in [0.1, 0.15) is 30.9 Å². The Morgan fingerprint density at radius 1 is 1.52 bits per heavy atom. The lowest BCUT2D eigenvalue weighted by Gasteiger charge is -2.27. The molecule has 2 N–H and O–H groups in total. The monoisotopic (exact) mass is 318 g/mol. The summed E-state index contributed by atoms with van der Waals surface area (Å²) in [6, 6.07) is 0. The van der Waals surface area contributed by atoms with Gasteiger partial charge in [-0.15, -0.1) is 0 Å². The second-order valence-corrected chi connectivity index (χ2v) is 5.41. The molecule has 1 atom stereocenters. The van der Waals surface area contributed by atoms with Gasteiger partial charge in [-0.2, -0.15) is 0 Å². The molecule has 23 heavy (non-hydrogen) atoms. The van der Waals surface area contributed by atoms with E-state index in [1.165, 1.54) is 6.20 Å². The zero-order chi connectivity index (χ0) is 16.7. The third-order valence-electron chi connectivity index (χ3n) is 4.15. The molecular formula is C16H15FN2O4. The van der Waals surface area contributed by atoms with Gasteiger partial charge in [0.1, 0.15) is 12.4 Å². The highest BCUT2D eigenvalue weighted by molar-refractivity contribution is 6.00. The highest BCUT2D eigenvalue weighted by atomic mass is 19.1. The van der Waals surface area contributed by atoms with Crippen LogP contribution in [0.15, 0.2) is 34.9 Å². The molecule has 1 aromatic heterocycles. The number of aromatic nitrogens is 1. The van der Waals surface area contributed by atoms with E-state index >= 15 is 0 Å². The van der Waals surface area contributed by atoms with Crippen LogP contribution in [0.2, 0.25) is 0 Å². The highest BCUT2D eigenvalue weighted by Gasteiger charge is 2.42. The van der Waals surface area contributed by atoms with Crippen molar-refractivity contribution >= 4 is 11.9 Å². The van der Waals surface area contributed by atoms with E-state index in [0.29, 0.717) is 28.9 Å². The van der Waals surface area contributed by atoms with Crippen LogP contribution in [0.5, 0.6) is 0 Å². The van der Waals surface area contributed by atoms with Crippen LogP contribution < -0.4 is 5.32 Å². The number of hydrogen-bond donors (Lipinski definition) is 2. The number of cyclic esters (lactones) is 1. The smallest absolute Gasteiger partial charge is 0.337 e. The van der Waals surface area contributed by atoms with Crippen LogP contribution in [0.4, 0.5) is 4.39 Å². The van der Waals surface area contributed by atoms with Gasteiger partial charge in [0, 0.05) is 11.9 Å². The van der Waals surface area contributed by atoms with Gasteiger partial charge >= 0.3 is 11.9 Å². The zero-order valence-electron chi connectivity index (χ0n) is 12.6. The van der Waals surface area contributed by atoms with Gasteiger partial charge in [-0.25, -0.2) is 14.0 Å². The van der Waals surface area contributed by atoms with Crippen LogP contribution >= 0.6 is 0 Å². The SMILES string of the molecule is CCc1c(F)cncc1[C@@H]1C(C(=O)O)=C(C)NC2=C1C(=O)OC2. The molecule has 120 valence electrons. The first-order chi connectivity index (χ1) is 11.0. The van der Waals surface area contributed by atoms with Crippen molar-refractivity contribution in [2.24, 2.45) is 0 Å². The Morgan fingerprint density at radius 3 is 2.91 bits per heavy atom. The van der Waals surface area contributed by atoms with E-state index in [9.17, 15) is 19.1 Å². The Balaban J connectivity index is 2.27. The number of esters is 1. The molecule has 0 aromatic carbocycles. The summed E-state index contributed by atoms with van der Waals surface area (Å²) in [5, 5.41) is 12.5. The van der Waals surface area contributed by atoms with Crippen LogP contribution in [0, 0.1) is 5.82 Å². The number of carbonyl (C=O) groups excluding carboxylic acids is 1. The second kappa shape index (κ2) is 5.49. The van der Waals surface area contributed by atoms with Crippen LogP contribution in [0.3, 0.4) is 0 Å². The van der Waals surface area contributed by atoms with E-state index in [1.54, 1.807) is 13.8 Å². The molecule has 0 radical (unpaired) electrons. The number of nitrogens with zero attached hydrogens (tertiary/aromatic N) is 1. The van der Waals surface area contributed by atoms with Crippen molar-refractivity contribution < 1.29 is 23.8 Å². The molecule has 0 spiro atoms. The molecular weight excluding hydrogens is 303 g/mol. The quantitative estimate of drug-likeness (QED) is 0.824. The predicted molar refractivity (Wildman–Crippen MR) is 77.8 cm³/mol. The average Bonchev–Trinajstić information content (AvgIpc) is 2.86. The molecule has 2 aliphatic rings. The zero-order valence-corrected chi connectivity index (χ0v) is 12.6. The summed E-state index contributed by atoms with van der Waals surface area (Å²) in [7, 11) is 0. The number of halogens is 1. The number of dihydropyridines is 1. The van der Waals surface area contributed by atoms with Crippen LogP contribution in [-0.4, -0.2) is 28.6 Å². The summed E-state index contributed by atoms with van der Waals surface area (Å²) in [5.41, 5.74) is 1.89. The van der Waals surface area contributed by atoms with Gasteiger partial charge in [0.05, 0.1) is 29.0 Å². The molecule has 6 nitrogen and oxygen atoms in total. The minimum Gasteiger partial charge on any atom is -0.478 e. The molecule has 0 saturated carbocycles. The first kappa shape index (κ1) is 15.2. The van der Waals surface area contributed by atoms with E-state index in [4.69, 9.17) is 4.74 Å². The number of carboxylic acids is 1. The number of rotatable bonds is 3. The first-order valence-corrected chi connectivity index (χ1v) is 7.19. The van der Waals surface area contributed by atoms with Crippen molar-refractivity contribution in [1.82, 2.24) is 10.3 Å². The molecule has 0 amide bonds. The lowest BCUT2D eigenvalue weighted by molar-refractivity contribution is -0.136. The summed E-state index contributed by atoms with van der Waals surface area (Å²) in [6.45, 7) is 3.43. The van der Waals surface area contributed by atoms with Crippen molar-refractivity contribution in [3.63, 3.8) is 0 Å². The molecule has 0 fully saturated rings. The van der Waals surface area contributed by atoms with Gasteiger partial charge in [-0.05, 0) is 24.5 Å². The fourth-order valence-electron chi connectivity index (χ4n) is 3.16. The maximum absolute atomic E-state index is 14.1. The summed E-state index contributed by atoms with van der Waals surface area (Å²) in [6.07, 6.45) is 2.87. The summed E-state index contributed by atoms with van der Waals surface area (Å²) in [4.78, 5) is 27.7. The topological polar surface area (TPSA) is 88.5 Å². The summed E-state index contributed by atoms with van der Waals surface area (Å²) >= 11 is 0. The van der Waals surface area contributed by atoms with E-state index < -0.39 is 23.7 Å². The Labute approximate surface area is 131 Å². The molecule has 0 aliphatic carbocycles. The Hall–Kier alpha value is -2.70. The van der Waals surface area contributed by atoms with Gasteiger partial charge < -0.3 is 15.2 Å². The number of carboxylic acid groups (broad SMARTS) is 1. The number of hydrogen-bond acceptors (Lipinski definition) is 5. The number of aliphatic carboxylic acids is 1. The minimum absolute atomic E-state index is 0.00435. The third kappa shape index (κ3) is 2.28. The van der Waals surface area contributed by atoms with E-state index in [2.05, 4.69) is 10.3 Å². The Morgan fingerprint density at radius 2 is 2.26 bits per heavy atom. The van der Waals surface area contributed by atoms with Crippen molar-refractivity contribution in [2.45, 2.75) is 26.2 Å². The van der Waals surface area contributed by atoms with E-state index in [-0.39, 0.29) is 17.8 Å². The highest BCUT2D eigenvalue weighted by Crippen LogP contribution is 2.42. The molecule has 3 heterocycles. The molecule has 0 unspecified atom stereocenters. The van der Waals surface area contributed by atoms with Crippen molar-refractivity contribution in [2.75, 3.05) is 6.61 Å². The molecule has 7 heteroatoms. The fraction of sp³-hybridized carbons (Fsp3) is 0.312. The van der Waals surface area contributed by atoms with Crippen LogP contribution in [0.25, 0.3) is 0 Å². The van der Waals surface area contributed by atoms with Gasteiger partial charge in [0.15, 0.2) is 0 Å². The average molecular weight is 318 g/mol. The second-order valence-electron chi connectivity index (χ2n) is 5.41. The van der Waals surface area contributed by atoms with Gasteiger partial charge in [-0.1, -0.05) is 6.92 Å². The molecule has 3 rings (SSSR count). The van der Waals surface area contributed by atoms with Gasteiger partial charge in [0.25, 0.3) is 0 Å². The van der Waals surface area contributed by atoms with Gasteiger partial charge in [0.2, 0.25) is 0 Å². The number of carbonyl (C=O) groups is 2. The Kier molecular flexibility index (Phi) is 3.63. The van der Waals surface area contributed by atoms with E-state index in [1.807, 2.05) is 0 Å². The first-order valence-electron chi connectivity index (χ1n) is 7.19. The van der Waals surface area contributed by atoms with Crippen molar-refractivity contribution in [1.29, 1.82) is 0 Å². The lowest BCUT2D eigenvalue weighted by Crippen LogP contribution is -2.30. The maximum Gasteiger partial charge on any atom is 0.337 e. The molecule has 2 aliphatic heterocycles. The molecule has 0 bridgehead atoms. The fourth-order valence-corrected chi connectivity index (χ4v) is 3.16. The van der Waals surface area contributed by atoms with Crippen molar-refractivity contribution in [3.8, 4) is 0 Å². The standard InChI is InChI=1S/C16H15FN2O4/c1-3-8-9(4-18-5-10(8)17)13-12(15(20)21)7(2)19-11-6-23-16(22)14(11)13/h4-5,13,19H,3,6H2,1-2H3,(H,20,21)/t13-/m1/s1. The number of allylic oxidation sites excluding steroid dienone is 1. The number of nitrogens with one attached hydrogen (secondary N) is 1. The maximum atomic E-state index is 14.1. The minimum atomic E-state index is -1.17. The number of pyridine rings is 1. The van der Waals surface area contributed by atoms with E-state index in [0.717, 1.165) is 6.20 Å². The van der Waals surface area contributed by atoms with Crippen LogP contribution in [-0.2, 0) is 20.7 Å². The third-order valence-corrected chi connectivity index (χ3v) is 4.15. The lowest BCUT2D eigenvalue weighted by atomic mass is 9.79. The Bertz CT molecular complexity index is 780. The summed E-state index contributed by atoms with van der Waals surface area (Å²) in [5.74, 6) is -3.16.